The molecule has 2 aliphatic heterocycles. The van der Waals surface area contributed by atoms with E-state index in [4.69, 9.17) is 9.84 Å². The maximum Gasteiger partial charge on any atom is 0.274 e. The number of rotatable bonds is 5. The molecule has 1 amide bonds. The van der Waals surface area contributed by atoms with Crippen molar-refractivity contribution in [3.63, 3.8) is 0 Å². The van der Waals surface area contributed by atoms with E-state index in [9.17, 15) is 4.79 Å². The fourth-order valence-electron chi connectivity index (χ4n) is 7.14. The largest absolute Gasteiger partial charge is 0.379 e. The third kappa shape index (κ3) is 4.61. The first-order valence-electron chi connectivity index (χ1n) is 14.1. The number of ether oxygens (including phenoxy) is 1. The van der Waals surface area contributed by atoms with Gasteiger partial charge >= 0.3 is 0 Å². The van der Waals surface area contributed by atoms with Crippen molar-refractivity contribution in [3.05, 3.63) is 52.3 Å². The van der Waals surface area contributed by atoms with E-state index >= 15 is 0 Å². The zero-order valence-corrected chi connectivity index (χ0v) is 21.8. The standard InChI is InChI=1S/C29H41N5O2/c1-32-26-10-9-24(30-21-29(12-5-2-6-13-29)34-15-17-36-18-16-34)19-25(26)27(31-32)28(35)33-14-11-22-7-3-4-8-23(22)20-33/h3-4,7-8,24,30H,2,5-6,9-21H2,1H3. The summed E-state index contributed by atoms with van der Waals surface area (Å²) in [5, 5.41) is 8.76. The molecule has 2 fully saturated rings. The van der Waals surface area contributed by atoms with Crippen LogP contribution in [0, 0.1) is 0 Å². The summed E-state index contributed by atoms with van der Waals surface area (Å²) in [5.41, 5.74) is 5.99. The minimum Gasteiger partial charge on any atom is -0.379 e. The molecule has 1 aromatic carbocycles. The number of hydrogen-bond acceptors (Lipinski definition) is 5. The van der Waals surface area contributed by atoms with Gasteiger partial charge in [0.25, 0.3) is 5.91 Å². The van der Waals surface area contributed by atoms with E-state index in [1.54, 1.807) is 0 Å². The second-order valence-electron chi connectivity index (χ2n) is 11.3. The maximum atomic E-state index is 13.7. The van der Waals surface area contributed by atoms with Gasteiger partial charge in [0.15, 0.2) is 5.69 Å². The average molecular weight is 492 g/mol. The Morgan fingerprint density at radius 2 is 1.86 bits per heavy atom. The van der Waals surface area contributed by atoms with Gasteiger partial charge in [0.05, 0.1) is 13.2 Å². The Labute approximate surface area is 215 Å². The van der Waals surface area contributed by atoms with Crippen molar-refractivity contribution >= 4 is 5.91 Å². The smallest absolute Gasteiger partial charge is 0.274 e. The van der Waals surface area contributed by atoms with E-state index in [1.165, 1.54) is 54.5 Å². The second kappa shape index (κ2) is 10.3. The topological polar surface area (TPSA) is 62.6 Å². The first-order chi connectivity index (χ1) is 17.6. The van der Waals surface area contributed by atoms with Gasteiger partial charge in [-0.2, -0.15) is 5.10 Å². The van der Waals surface area contributed by atoms with Gasteiger partial charge in [-0.1, -0.05) is 43.5 Å². The van der Waals surface area contributed by atoms with Crippen LogP contribution in [0.15, 0.2) is 24.3 Å². The van der Waals surface area contributed by atoms with E-state index in [2.05, 4.69) is 34.5 Å². The van der Waals surface area contributed by atoms with Crippen LogP contribution < -0.4 is 5.32 Å². The third-order valence-corrected chi connectivity index (χ3v) is 9.26. The highest BCUT2D eigenvalue weighted by Gasteiger charge is 2.39. The minimum atomic E-state index is 0.0964. The molecule has 1 atom stereocenters. The first-order valence-corrected chi connectivity index (χ1v) is 14.1. The van der Waals surface area contributed by atoms with Crippen LogP contribution in [0.3, 0.4) is 0 Å². The summed E-state index contributed by atoms with van der Waals surface area (Å²) >= 11 is 0. The van der Waals surface area contributed by atoms with Gasteiger partial charge in [-0.05, 0) is 49.7 Å². The van der Waals surface area contributed by atoms with Crippen LogP contribution in [0.2, 0.25) is 0 Å². The van der Waals surface area contributed by atoms with Gasteiger partial charge in [-0.25, -0.2) is 0 Å². The van der Waals surface area contributed by atoms with Gasteiger partial charge in [-0.15, -0.1) is 0 Å². The quantitative estimate of drug-likeness (QED) is 0.697. The van der Waals surface area contributed by atoms with Crippen LogP contribution in [-0.4, -0.2) is 76.5 Å². The Morgan fingerprint density at radius 3 is 2.67 bits per heavy atom. The highest BCUT2D eigenvalue weighted by Crippen LogP contribution is 2.35. The van der Waals surface area contributed by atoms with E-state index in [1.807, 2.05) is 16.6 Å². The second-order valence-corrected chi connectivity index (χ2v) is 11.3. The molecule has 3 heterocycles. The molecule has 4 aliphatic rings. The number of aromatic nitrogens is 2. The third-order valence-electron chi connectivity index (χ3n) is 9.26. The molecule has 36 heavy (non-hydrogen) atoms. The predicted octanol–water partition coefficient (Wildman–Crippen LogP) is 3.10. The number of fused-ring (bicyclic) bond motifs is 2. The molecule has 194 valence electrons. The molecule has 7 nitrogen and oxygen atoms in total. The molecular weight excluding hydrogens is 450 g/mol. The van der Waals surface area contributed by atoms with Crippen molar-refractivity contribution in [1.82, 2.24) is 24.9 Å². The monoisotopic (exact) mass is 491 g/mol. The molecule has 1 aromatic heterocycles. The molecule has 0 radical (unpaired) electrons. The Hall–Kier alpha value is -2.22. The van der Waals surface area contributed by atoms with Crippen molar-refractivity contribution < 1.29 is 9.53 Å². The molecule has 1 saturated heterocycles. The SMILES string of the molecule is Cn1nc(C(=O)N2CCc3ccccc3C2)c2c1CCC(NCC1(N3CCOCC3)CCCCC1)C2. The summed E-state index contributed by atoms with van der Waals surface area (Å²) in [6, 6.07) is 8.90. The van der Waals surface area contributed by atoms with Crippen molar-refractivity contribution in [2.75, 3.05) is 39.4 Å². The Kier molecular flexibility index (Phi) is 6.88. The van der Waals surface area contributed by atoms with Crippen LogP contribution in [0.5, 0.6) is 0 Å². The molecule has 0 spiro atoms. The van der Waals surface area contributed by atoms with Crippen LogP contribution >= 0.6 is 0 Å². The number of nitrogens with zero attached hydrogens (tertiary/aromatic N) is 4. The molecule has 1 unspecified atom stereocenters. The summed E-state index contributed by atoms with van der Waals surface area (Å²) < 4.78 is 7.63. The van der Waals surface area contributed by atoms with Crippen LogP contribution in [0.4, 0.5) is 0 Å². The summed E-state index contributed by atoms with van der Waals surface area (Å²) in [7, 11) is 2.00. The molecule has 1 N–H and O–H groups in total. The molecule has 2 aliphatic carbocycles. The number of nitrogens with one attached hydrogen (secondary N) is 1. The Bertz CT molecular complexity index is 1080. The van der Waals surface area contributed by atoms with Crippen molar-refractivity contribution in [2.24, 2.45) is 7.05 Å². The summed E-state index contributed by atoms with van der Waals surface area (Å²) in [5.74, 6) is 0.0964. The normalized spacial score (nSPS) is 24.2. The summed E-state index contributed by atoms with van der Waals surface area (Å²) in [4.78, 5) is 18.4. The van der Waals surface area contributed by atoms with Crippen LogP contribution in [0.25, 0.3) is 0 Å². The van der Waals surface area contributed by atoms with E-state index < -0.39 is 0 Å². The van der Waals surface area contributed by atoms with Crippen molar-refractivity contribution in [1.29, 1.82) is 0 Å². The highest BCUT2D eigenvalue weighted by molar-refractivity contribution is 5.94. The van der Waals surface area contributed by atoms with Crippen LogP contribution in [-0.2, 0) is 37.6 Å². The summed E-state index contributed by atoms with van der Waals surface area (Å²) in [6.07, 6.45) is 10.5. The molecule has 7 heteroatoms. The maximum absolute atomic E-state index is 13.7. The molecule has 0 bridgehead atoms. The fraction of sp³-hybridized carbons (Fsp3) is 0.655. The fourth-order valence-corrected chi connectivity index (χ4v) is 7.14. The van der Waals surface area contributed by atoms with E-state index in [-0.39, 0.29) is 11.4 Å². The number of amides is 1. The Balaban J connectivity index is 1.16. The highest BCUT2D eigenvalue weighted by atomic mass is 16.5. The average Bonchev–Trinajstić information content (AvgIpc) is 3.27. The Morgan fingerprint density at radius 1 is 1.08 bits per heavy atom. The molecule has 2 aromatic rings. The van der Waals surface area contributed by atoms with Gasteiger partial charge < -0.3 is 15.0 Å². The van der Waals surface area contributed by atoms with Crippen molar-refractivity contribution in [2.45, 2.75) is 75.9 Å². The zero-order valence-electron chi connectivity index (χ0n) is 21.8. The lowest BCUT2D eigenvalue weighted by Crippen LogP contribution is -2.60. The summed E-state index contributed by atoms with van der Waals surface area (Å²) in [6.45, 7) is 6.31. The number of morpholine rings is 1. The lowest BCUT2D eigenvalue weighted by molar-refractivity contribution is -0.0378. The number of carbonyl (C=O) groups is 1. The number of carbonyl (C=O) groups excluding carboxylic acids is 1. The van der Waals surface area contributed by atoms with Crippen molar-refractivity contribution in [3.8, 4) is 0 Å². The van der Waals surface area contributed by atoms with E-state index in [0.717, 1.165) is 65.1 Å². The van der Waals surface area contributed by atoms with Crippen LogP contribution in [0.1, 0.15) is 71.4 Å². The molecular formula is C29H41N5O2. The lowest BCUT2D eigenvalue weighted by atomic mass is 9.79. The van der Waals surface area contributed by atoms with Gasteiger partial charge in [0, 0.05) is 62.6 Å². The lowest BCUT2D eigenvalue weighted by Gasteiger charge is -2.49. The van der Waals surface area contributed by atoms with Gasteiger partial charge in [-0.3, -0.25) is 14.4 Å². The zero-order chi connectivity index (χ0) is 24.5. The number of aryl methyl sites for hydroxylation is 1. The minimum absolute atomic E-state index is 0.0964. The molecule has 1 saturated carbocycles. The number of hydrogen-bond donors (Lipinski definition) is 1. The number of benzene rings is 1. The van der Waals surface area contributed by atoms with E-state index in [0.29, 0.717) is 18.3 Å². The van der Waals surface area contributed by atoms with Gasteiger partial charge in [0.2, 0.25) is 0 Å². The predicted molar refractivity (Wildman–Crippen MR) is 140 cm³/mol. The van der Waals surface area contributed by atoms with Gasteiger partial charge in [0.1, 0.15) is 0 Å². The molecule has 6 rings (SSSR count). The first kappa shape index (κ1) is 24.1.